The quantitative estimate of drug-likeness (QED) is 0.434. The van der Waals surface area contributed by atoms with Gasteiger partial charge in [-0.1, -0.05) is 17.3 Å². The Morgan fingerprint density at radius 1 is 1.16 bits per heavy atom. The van der Waals surface area contributed by atoms with E-state index in [2.05, 4.69) is 27.3 Å². The zero-order valence-electron chi connectivity index (χ0n) is 13.6. The molecule has 6 heteroatoms. The molecule has 4 aromatic rings. The average Bonchev–Trinajstić information content (AvgIpc) is 3.35. The van der Waals surface area contributed by atoms with E-state index in [-0.39, 0.29) is 0 Å². The van der Waals surface area contributed by atoms with Crippen LogP contribution in [-0.2, 0) is 6.54 Å². The van der Waals surface area contributed by atoms with Gasteiger partial charge >= 0.3 is 0 Å². The Kier molecular flexibility index (Phi) is 5.11. The van der Waals surface area contributed by atoms with Gasteiger partial charge in [-0.15, -0.1) is 11.3 Å². The van der Waals surface area contributed by atoms with Gasteiger partial charge in [0.2, 0.25) is 0 Å². The number of ether oxygens (including phenoxy) is 1. The molecule has 1 aromatic carbocycles. The Hall–Kier alpha value is -2.15. The van der Waals surface area contributed by atoms with Crippen LogP contribution in [0.5, 0.6) is 5.75 Å². The van der Waals surface area contributed by atoms with Gasteiger partial charge in [0.1, 0.15) is 16.1 Å². The third-order valence-corrected chi connectivity index (χ3v) is 5.50. The molecule has 0 aliphatic rings. The lowest BCUT2D eigenvalue weighted by atomic mass is 10.1. The van der Waals surface area contributed by atoms with E-state index in [0.29, 0.717) is 6.61 Å². The first-order chi connectivity index (χ1) is 12.4. The van der Waals surface area contributed by atoms with Gasteiger partial charge in [0.25, 0.3) is 0 Å². The monoisotopic (exact) mass is 370 g/mol. The third-order valence-electron chi connectivity index (χ3n) is 3.86. The minimum absolute atomic E-state index is 0.688. The van der Waals surface area contributed by atoms with E-state index in [1.54, 1.807) is 22.7 Å². The van der Waals surface area contributed by atoms with Gasteiger partial charge in [0.05, 0.1) is 6.61 Å². The number of nitrogens with zero attached hydrogens (tertiary/aromatic N) is 1. The van der Waals surface area contributed by atoms with Gasteiger partial charge in [-0.25, -0.2) is 0 Å². The van der Waals surface area contributed by atoms with E-state index in [1.807, 2.05) is 35.7 Å². The average molecular weight is 370 g/mol. The van der Waals surface area contributed by atoms with Crippen LogP contribution in [0.2, 0.25) is 0 Å². The van der Waals surface area contributed by atoms with Crippen LogP contribution >= 0.6 is 22.7 Å². The number of nitrogens with one attached hydrogen (secondary N) is 1. The Morgan fingerprint density at radius 3 is 3.08 bits per heavy atom. The van der Waals surface area contributed by atoms with Crippen LogP contribution in [0.3, 0.4) is 0 Å². The highest BCUT2D eigenvalue weighted by atomic mass is 32.1. The van der Waals surface area contributed by atoms with Gasteiger partial charge in [-0.3, -0.25) is 0 Å². The summed E-state index contributed by atoms with van der Waals surface area (Å²) in [6.45, 7) is 2.55. The number of thiophene rings is 2. The number of benzene rings is 1. The fraction of sp³-hybridized carbons (Fsp3) is 0.211. The summed E-state index contributed by atoms with van der Waals surface area (Å²) in [5.41, 5.74) is 4.08. The Balaban J connectivity index is 1.29. The van der Waals surface area contributed by atoms with E-state index >= 15 is 0 Å². The van der Waals surface area contributed by atoms with Crippen molar-refractivity contribution in [2.45, 2.75) is 13.0 Å². The normalized spacial score (nSPS) is 11.2. The predicted octanol–water partition coefficient (Wildman–Crippen LogP) is 5.18. The second-order valence-electron chi connectivity index (χ2n) is 5.68. The van der Waals surface area contributed by atoms with E-state index in [4.69, 9.17) is 9.26 Å². The fourth-order valence-corrected chi connectivity index (χ4v) is 4.09. The summed E-state index contributed by atoms with van der Waals surface area (Å²) in [5, 5.41) is 13.9. The summed E-state index contributed by atoms with van der Waals surface area (Å²) in [4.78, 5) is 0. The van der Waals surface area contributed by atoms with Crippen molar-refractivity contribution in [3.63, 3.8) is 0 Å². The van der Waals surface area contributed by atoms with Crippen LogP contribution in [0.25, 0.3) is 21.5 Å². The molecule has 4 nitrogen and oxygen atoms in total. The number of rotatable bonds is 8. The molecule has 1 N–H and O–H groups in total. The number of aromatic nitrogens is 1. The zero-order chi connectivity index (χ0) is 16.9. The van der Waals surface area contributed by atoms with Crippen LogP contribution < -0.4 is 10.1 Å². The summed E-state index contributed by atoms with van der Waals surface area (Å²) in [7, 11) is 0. The number of hydrogen-bond acceptors (Lipinski definition) is 6. The van der Waals surface area contributed by atoms with Crippen LogP contribution in [0.4, 0.5) is 0 Å². The van der Waals surface area contributed by atoms with Gasteiger partial charge in [-0.2, -0.15) is 11.3 Å². The first kappa shape index (κ1) is 16.3. The highest BCUT2D eigenvalue weighted by Crippen LogP contribution is 2.33. The largest absolute Gasteiger partial charge is 0.494 e. The standard InChI is InChI=1S/C19H18N2O2S2/c1-3-15(18-19-17(23-21-18)6-10-25-19)11-16(4-1)22-8-2-7-20-12-14-5-9-24-13-14/h1,3-6,9-11,13,20H,2,7-8,12H2. The molecule has 0 spiro atoms. The van der Waals surface area contributed by atoms with Gasteiger partial charge in [0, 0.05) is 12.1 Å². The molecule has 128 valence electrons. The Bertz CT molecular complexity index is 928. The molecule has 0 saturated carbocycles. The van der Waals surface area contributed by atoms with Crippen molar-refractivity contribution in [3.8, 4) is 17.0 Å². The van der Waals surface area contributed by atoms with Crippen molar-refractivity contribution in [1.29, 1.82) is 0 Å². The Morgan fingerprint density at radius 2 is 2.16 bits per heavy atom. The molecule has 0 aliphatic carbocycles. The molecule has 4 rings (SSSR count). The van der Waals surface area contributed by atoms with Gasteiger partial charge < -0.3 is 14.6 Å². The van der Waals surface area contributed by atoms with Crippen molar-refractivity contribution < 1.29 is 9.26 Å². The third kappa shape index (κ3) is 3.92. The van der Waals surface area contributed by atoms with Crippen molar-refractivity contribution in [2.24, 2.45) is 0 Å². The lowest BCUT2D eigenvalue weighted by molar-refractivity contribution is 0.308. The minimum atomic E-state index is 0.688. The molecule has 0 saturated heterocycles. The fourth-order valence-electron chi connectivity index (χ4n) is 2.61. The van der Waals surface area contributed by atoms with E-state index in [1.165, 1.54) is 5.56 Å². The number of fused-ring (bicyclic) bond motifs is 1. The molecular formula is C19H18N2O2S2. The lowest BCUT2D eigenvalue weighted by Crippen LogP contribution is -2.16. The minimum Gasteiger partial charge on any atom is -0.494 e. The molecule has 0 unspecified atom stereocenters. The maximum atomic E-state index is 5.88. The van der Waals surface area contributed by atoms with Gasteiger partial charge in [-0.05, 0) is 58.9 Å². The highest BCUT2D eigenvalue weighted by molar-refractivity contribution is 7.17. The lowest BCUT2D eigenvalue weighted by Gasteiger charge is -2.08. The predicted molar refractivity (Wildman–Crippen MR) is 103 cm³/mol. The molecule has 0 bridgehead atoms. The van der Waals surface area contributed by atoms with Crippen LogP contribution in [0.1, 0.15) is 12.0 Å². The number of hydrogen-bond donors (Lipinski definition) is 1. The zero-order valence-corrected chi connectivity index (χ0v) is 15.2. The first-order valence-electron chi connectivity index (χ1n) is 8.18. The molecule has 0 aliphatic heterocycles. The molecule has 25 heavy (non-hydrogen) atoms. The Labute approximate surface area is 154 Å². The molecule has 0 fully saturated rings. The van der Waals surface area contributed by atoms with Gasteiger partial charge in [0.15, 0.2) is 5.58 Å². The summed E-state index contributed by atoms with van der Waals surface area (Å²) < 4.78 is 12.3. The maximum Gasteiger partial charge on any atom is 0.178 e. The van der Waals surface area contributed by atoms with Crippen molar-refractivity contribution in [3.05, 3.63) is 58.1 Å². The SMILES string of the molecule is c1cc(OCCCNCc2ccsc2)cc(-c2noc3ccsc23)c1. The second kappa shape index (κ2) is 7.82. The van der Waals surface area contributed by atoms with E-state index in [9.17, 15) is 0 Å². The highest BCUT2D eigenvalue weighted by Gasteiger charge is 2.12. The first-order valence-corrected chi connectivity index (χ1v) is 10.0. The smallest absolute Gasteiger partial charge is 0.178 e. The van der Waals surface area contributed by atoms with E-state index in [0.717, 1.165) is 46.8 Å². The van der Waals surface area contributed by atoms with Crippen molar-refractivity contribution in [1.82, 2.24) is 10.5 Å². The molecule has 0 radical (unpaired) electrons. The topological polar surface area (TPSA) is 47.3 Å². The maximum absolute atomic E-state index is 5.88. The molecule has 0 amide bonds. The second-order valence-corrected chi connectivity index (χ2v) is 7.38. The summed E-state index contributed by atoms with van der Waals surface area (Å²) in [5.74, 6) is 0.864. The van der Waals surface area contributed by atoms with Crippen LogP contribution in [0.15, 0.2) is 57.1 Å². The van der Waals surface area contributed by atoms with Crippen LogP contribution in [0, 0.1) is 0 Å². The summed E-state index contributed by atoms with van der Waals surface area (Å²) in [6.07, 6.45) is 0.966. The summed E-state index contributed by atoms with van der Waals surface area (Å²) >= 11 is 3.37. The van der Waals surface area contributed by atoms with E-state index < -0.39 is 0 Å². The molecule has 3 aromatic heterocycles. The van der Waals surface area contributed by atoms with Crippen LogP contribution in [-0.4, -0.2) is 18.3 Å². The molecule has 3 heterocycles. The summed E-state index contributed by atoms with van der Waals surface area (Å²) in [6, 6.07) is 12.1. The van der Waals surface area contributed by atoms with Crippen molar-refractivity contribution >= 4 is 33.0 Å². The van der Waals surface area contributed by atoms with Crippen molar-refractivity contribution in [2.75, 3.05) is 13.2 Å². The molecule has 0 atom stereocenters. The molecular weight excluding hydrogens is 352 g/mol.